The minimum absolute atomic E-state index is 0.374. The summed E-state index contributed by atoms with van der Waals surface area (Å²) in [6, 6.07) is 2.96. The molecule has 1 N–H and O–H groups in total. The Hall–Kier alpha value is -0.760. The van der Waals surface area contributed by atoms with Crippen LogP contribution in [0.4, 0.5) is 0 Å². The largest absolute Gasteiger partial charge is 0.472 e. The van der Waals surface area contributed by atoms with Crippen LogP contribution >= 0.6 is 0 Å². The Kier molecular flexibility index (Phi) is 4.89. The summed E-state index contributed by atoms with van der Waals surface area (Å²) in [6.07, 6.45) is 6.03. The third-order valence-corrected chi connectivity index (χ3v) is 3.31. The summed E-state index contributed by atoms with van der Waals surface area (Å²) in [4.78, 5) is 0. The van der Waals surface area contributed by atoms with Crippen molar-refractivity contribution < 1.29 is 4.42 Å². The standard InChI is InChI=1S/C13H23NO/c1-5-12(6-2)10(3)14-11(4)13-7-8-15-9-13/h7-12,14H,5-6H2,1-4H3. The van der Waals surface area contributed by atoms with Gasteiger partial charge in [0.2, 0.25) is 0 Å². The highest BCUT2D eigenvalue weighted by atomic mass is 16.3. The van der Waals surface area contributed by atoms with Gasteiger partial charge in [0.05, 0.1) is 12.5 Å². The lowest BCUT2D eigenvalue weighted by Gasteiger charge is -2.25. The van der Waals surface area contributed by atoms with Crippen LogP contribution in [0.2, 0.25) is 0 Å². The molecule has 0 spiro atoms. The van der Waals surface area contributed by atoms with E-state index in [4.69, 9.17) is 4.42 Å². The van der Waals surface area contributed by atoms with E-state index in [1.165, 1.54) is 18.4 Å². The van der Waals surface area contributed by atoms with E-state index in [9.17, 15) is 0 Å². The molecule has 0 radical (unpaired) electrons. The first kappa shape index (κ1) is 12.3. The van der Waals surface area contributed by atoms with Crippen LogP contribution in [0.25, 0.3) is 0 Å². The molecule has 0 saturated carbocycles. The molecule has 0 fully saturated rings. The molecule has 2 nitrogen and oxygen atoms in total. The van der Waals surface area contributed by atoms with Crippen molar-refractivity contribution in [2.24, 2.45) is 5.92 Å². The molecule has 0 aliphatic rings. The first-order valence-electron chi connectivity index (χ1n) is 5.97. The lowest BCUT2D eigenvalue weighted by Crippen LogP contribution is -2.34. The summed E-state index contributed by atoms with van der Waals surface area (Å²) >= 11 is 0. The number of furan rings is 1. The van der Waals surface area contributed by atoms with Crippen LogP contribution in [0.1, 0.15) is 52.1 Å². The molecule has 2 atom stereocenters. The van der Waals surface area contributed by atoms with Crippen molar-refractivity contribution in [1.82, 2.24) is 5.32 Å². The maximum absolute atomic E-state index is 5.09. The molecule has 0 amide bonds. The summed E-state index contributed by atoms with van der Waals surface area (Å²) in [6.45, 7) is 8.97. The Balaban J connectivity index is 2.47. The fourth-order valence-electron chi connectivity index (χ4n) is 2.14. The first-order valence-corrected chi connectivity index (χ1v) is 5.97. The van der Waals surface area contributed by atoms with Crippen molar-refractivity contribution in [3.63, 3.8) is 0 Å². The van der Waals surface area contributed by atoms with Crippen LogP contribution in [0.15, 0.2) is 23.0 Å². The quantitative estimate of drug-likeness (QED) is 0.771. The molecule has 0 aromatic carbocycles. The molecule has 0 saturated heterocycles. The van der Waals surface area contributed by atoms with Crippen molar-refractivity contribution in [3.05, 3.63) is 24.2 Å². The van der Waals surface area contributed by atoms with Crippen molar-refractivity contribution in [2.75, 3.05) is 0 Å². The van der Waals surface area contributed by atoms with Crippen LogP contribution in [0.5, 0.6) is 0 Å². The Morgan fingerprint density at radius 2 is 1.93 bits per heavy atom. The summed E-state index contributed by atoms with van der Waals surface area (Å²) in [5.41, 5.74) is 1.23. The monoisotopic (exact) mass is 209 g/mol. The van der Waals surface area contributed by atoms with Gasteiger partial charge in [-0.15, -0.1) is 0 Å². The zero-order valence-corrected chi connectivity index (χ0v) is 10.3. The molecule has 1 rings (SSSR count). The Morgan fingerprint density at radius 3 is 2.40 bits per heavy atom. The van der Waals surface area contributed by atoms with Crippen LogP contribution in [0, 0.1) is 5.92 Å². The Bertz CT molecular complexity index is 252. The number of hydrogen-bond acceptors (Lipinski definition) is 2. The minimum Gasteiger partial charge on any atom is -0.472 e. The third-order valence-electron chi connectivity index (χ3n) is 3.31. The van der Waals surface area contributed by atoms with Gasteiger partial charge in [-0.05, 0) is 25.8 Å². The molecule has 1 heterocycles. The van der Waals surface area contributed by atoms with Crippen molar-refractivity contribution in [1.29, 1.82) is 0 Å². The van der Waals surface area contributed by atoms with Gasteiger partial charge >= 0.3 is 0 Å². The molecular formula is C13H23NO. The van der Waals surface area contributed by atoms with Crippen molar-refractivity contribution in [3.8, 4) is 0 Å². The minimum atomic E-state index is 0.374. The second-order valence-electron chi connectivity index (χ2n) is 4.31. The average Bonchev–Trinajstić information content (AvgIpc) is 2.72. The number of rotatable bonds is 6. The highest BCUT2D eigenvalue weighted by molar-refractivity contribution is 5.10. The van der Waals surface area contributed by atoms with Gasteiger partial charge in [-0.1, -0.05) is 26.7 Å². The Labute approximate surface area is 93.1 Å². The maximum Gasteiger partial charge on any atom is 0.0950 e. The van der Waals surface area contributed by atoms with Gasteiger partial charge in [-0.3, -0.25) is 0 Å². The molecular weight excluding hydrogens is 186 g/mol. The lowest BCUT2D eigenvalue weighted by atomic mass is 9.94. The summed E-state index contributed by atoms with van der Waals surface area (Å²) in [5.74, 6) is 0.763. The fraction of sp³-hybridized carbons (Fsp3) is 0.692. The van der Waals surface area contributed by atoms with E-state index in [0.29, 0.717) is 12.1 Å². The predicted octanol–water partition coefficient (Wildman–Crippen LogP) is 3.75. The van der Waals surface area contributed by atoms with E-state index in [1.54, 1.807) is 6.26 Å². The van der Waals surface area contributed by atoms with Gasteiger partial charge in [-0.2, -0.15) is 0 Å². The second-order valence-corrected chi connectivity index (χ2v) is 4.31. The van der Waals surface area contributed by atoms with Gasteiger partial charge in [0.15, 0.2) is 0 Å². The zero-order valence-electron chi connectivity index (χ0n) is 10.3. The molecule has 1 aromatic heterocycles. The highest BCUT2D eigenvalue weighted by Crippen LogP contribution is 2.18. The van der Waals surface area contributed by atoms with Crippen LogP contribution in [-0.4, -0.2) is 6.04 Å². The van der Waals surface area contributed by atoms with E-state index in [-0.39, 0.29) is 0 Å². The topological polar surface area (TPSA) is 25.2 Å². The van der Waals surface area contributed by atoms with Crippen LogP contribution in [0.3, 0.4) is 0 Å². The summed E-state index contributed by atoms with van der Waals surface area (Å²) in [5, 5.41) is 3.62. The first-order chi connectivity index (χ1) is 7.19. The molecule has 2 unspecified atom stereocenters. The van der Waals surface area contributed by atoms with E-state index in [2.05, 4.69) is 33.0 Å². The Morgan fingerprint density at radius 1 is 1.27 bits per heavy atom. The van der Waals surface area contributed by atoms with Gasteiger partial charge in [0, 0.05) is 17.6 Å². The molecule has 1 aromatic rings. The number of nitrogens with one attached hydrogen (secondary N) is 1. The maximum atomic E-state index is 5.09. The number of hydrogen-bond donors (Lipinski definition) is 1. The van der Waals surface area contributed by atoms with Gasteiger partial charge in [-0.25, -0.2) is 0 Å². The van der Waals surface area contributed by atoms with Gasteiger partial charge in [0.1, 0.15) is 0 Å². The molecule has 15 heavy (non-hydrogen) atoms. The zero-order chi connectivity index (χ0) is 11.3. The smallest absolute Gasteiger partial charge is 0.0950 e. The van der Waals surface area contributed by atoms with Gasteiger partial charge in [0.25, 0.3) is 0 Å². The molecule has 2 heteroatoms. The lowest BCUT2D eigenvalue weighted by molar-refractivity contribution is 0.329. The predicted molar refractivity (Wildman–Crippen MR) is 63.8 cm³/mol. The summed E-state index contributed by atoms with van der Waals surface area (Å²) in [7, 11) is 0. The van der Waals surface area contributed by atoms with E-state index >= 15 is 0 Å². The van der Waals surface area contributed by atoms with E-state index in [0.717, 1.165) is 5.92 Å². The van der Waals surface area contributed by atoms with E-state index < -0.39 is 0 Å². The van der Waals surface area contributed by atoms with Crippen LogP contribution in [-0.2, 0) is 0 Å². The molecule has 0 aliphatic carbocycles. The SMILES string of the molecule is CCC(CC)C(C)NC(C)c1ccoc1. The average molecular weight is 209 g/mol. The van der Waals surface area contributed by atoms with Gasteiger partial charge < -0.3 is 9.73 Å². The summed E-state index contributed by atoms with van der Waals surface area (Å²) < 4.78 is 5.09. The third kappa shape index (κ3) is 3.38. The normalized spacial score (nSPS) is 15.5. The highest BCUT2D eigenvalue weighted by Gasteiger charge is 2.16. The molecule has 86 valence electrons. The fourth-order valence-corrected chi connectivity index (χ4v) is 2.14. The van der Waals surface area contributed by atoms with E-state index in [1.807, 2.05) is 12.3 Å². The second kappa shape index (κ2) is 5.96. The van der Waals surface area contributed by atoms with Crippen LogP contribution < -0.4 is 5.32 Å². The van der Waals surface area contributed by atoms with Crippen molar-refractivity contribution >= 4 is 0 Å². The molecule has 0 aliphatic heterocycles. The molecule has 0 bridgehead atoms. The van der Waals surface area contributed by atoms with Crippen molar-refractivity contribution in [2.45, 2.75) is 52.6 Å².